The summed E-state index contributed by atoms with van der Waals surface area (Å²) in [6, 6.07) is 11.9. The van der Waals surface area contributed by atoms with Crippen LogP contribution in [0.3, 0.4) is 0 Å². The van der Waals surface area contributed by atoms with Gasteiger partial charge in [0.1, 0.15) is 0 Å². The van der Waals surface area contributed by atoms with Gasteiger partial charge in [0.05, 0.1) is 12.7 Å². The highest BCUT2D eigenvalue weighted by molar-refractivity contribution is 5.13. The number of hydrogen-bond acceptors (Lipinski definition) is 2. The average molecular weight is 257 g/mol. The lowest BCUT2D eigenvalue weighted by Crippen LogP contribution is -2.45. The third-order valence-electron chi connectivity index (χ3n) is 4.51. The first-order valence-electron chi connectivity index (χ1n) is 7.39. The summed E-state index contributed by atoms with van der Waals surface area (Å²) >= 11 is 0. The Morgan fingerprint density at radius 3 is 2.47 bits per heavy atom. The Labute approximate surface area is 116 Å². The van der Waals surface area contributed by atoms with Crippen LogP contribution in [0.2, 0.25) is 0 Å². The van der Waals surface area contributed by atoms with Crippen molar-refractivity contribution < 1.29 is 4.74 Å². The second-order valence-corrected chi connectivity index (χ2v) is 5.76. The fourth-order valence-electron chi connectivity index (χ4n) is 3.60. The minimum Gasteiger partial charge on any atom is -0.373 e. The molecule has 0 spiro atoms. The highest BCUT2D eigenvalue weighted by Gasteiger charge is 2.40. The van der Waals surface area contributed by atoms with Crippen molar-refractivity contribution in [2.75, 3.05) is 6.54 Å². The van der Waals surface area contributed by atoms with Crippen LogP contribution in [0.15, 0.2) is 43.0 Å². The molecule has 2 aliphatic heterocycles. The first-order valence-corrected chi connectivity index (χ1v) is 7.39. The molecule has 3 rings (SSSR count). The molecule has 0 N–H and O–H groups in total. The molecular weight excluding hydrogens is 234 g/mol. The molecule has 2 heterocycles. The average Bonchev–Trinajstić information content (AvgIpc) is 2.70. The van der Waals surface area contributed by atoms with E-state index in [0.29, 0.717) is 6.10 Å². The molecule has 1 aromatic rings. The lowest BCUT2D eigenvalue weighted by molar-refractivity contribution is -0.0250. The molecule has 19 heavy (non-hydrogen) atoms. The molecule has 1 aromatic carbocycles. The molecule has 2 saturated heterocycles. The predicted octanol–water partition coefficient (Wildman–Crippen LogP) is 3.38. The largest absolute Gasteiger partial charge is 0.373 e. The van der Waals surface area contributed by atoms with Crippen molar-refractivity contribution in [3.63, 3.8) is 0 Å². The zero-order valence-corrected chi connectivity index (χ0v) is 11.5. The van der Waals surface area contributed by atoms with Crippen molar-refractivity contribution in [1.29, 1.82) is 0 Å². The summed E-state index contributed by atoms with van der Waals surface area (Å²) in [5.74, 6) is 0. The minimum atomic E-state index is 0.443. The normalized spacial score (nSPS) is 30.4. The van der Waals surface area contributed by atoms with Gasteiger partial charge in [0.15, 0.2) is 0 Å². The van der Waals surface area contributed by atoms with Gasteiger partial charge >= 0.3 is 0 Å². The quantitative estimate of drug-likeness (QED) is 0.750. The van der Waals surface area contributed by atoms with E-state index in [1.54, 1.807) is 0 Å². The number of benzene rings is 1. The molecule has 2 aliphatic rings. The standard InChI is InChI=1S/C17H23NO/c1-2-10-18-15-8-9-16(18)12-17(11-15)19-13-14-6-4-3-5-7-14/h2-7,15-17H,1,8-13H2/t15-,16+,17?. The first kappa shape index (κ1) is 12.9. The van der Waals surface area contributed by atoms with E-state index in [1.165, 1.54) is 31.2 Å². The predicted molar refractivity (Wildman–Crippen MR) is 78.0 cm³/mol. The van der Waals surface area contributed by atoms with E-state index in [0.717, 1.165) is 25.2 Å². The monoisotopic (exact) mass is 257 g/mol. The fraction of sp³-hybridized carbons (Fsp3) is 0.529. The van der Waals surface area contributed by atoms with Gasteiger partial charge in [0.2, 0.25) is 0 Å². The van der Waals surface area contributed by atoms with Crippen molar-refractivity contribution in [1.82, 2.24) is 4.90 Å². The molecule has 2 fully saturated rings. The molecular formula is C17H23NO. The van der Waals surface area contributed by atoms with E-state index in [9.17, 15) is 0 Å². The molecule has 0 radical (unpaired) electrons. The molecule has 3 atom stereocenters. The van der Waals surface area contributed by atoms with Crippen LogP contribution in [0.5, 0.6) is 0 Å². The maximum atomic E-state index is 6.12. The van der Waals surface area contributed by atoms with Crippen LogP contribution in [0.4, 0.5) is 0 Å². The van der Waals surface area contributed by atoms with Crippen LogP contribution in [0, 0.1) is 0 Å². The van der Waals surface area contributed by atoms with Crippen molar-refractivity contribution in [3.8, 4) is 0 Å². The Hall–Kier alpha value is -1.12. The van der Waals surface area contributed by atoms with Gasteiger partial charge in [0.25, 0.3) is 0 Å². The molecule has 0 aliphatic carbocycles. The van der Waals surface area contributed by atoms with E-state index in [-0.39, 0.29) is 0 Å². The SMILES string of the molecule is C=CCN1[C@@H]2CC[C@H]1CC(OCc1ccccc1)C2. The summed E-state index contributed by atoms with van der Waals surface area (Å²) in [4.78, 5) is 2.62. The molecule has 0 aromatic heterocycles. The Balaban J connectivity index is 1.53. The van der Waals surface area contributed by atoms with E-state index in [1.807, 2.05) is 6.08 Å². The maximum absolute atomic E-state index is 6.12. The molecule has 2 heteroatoms. The zero-order valence-electron chi connectivity index (χ0n) is 11.5. The lowest BCUT2D eigenvalue weighted by atomic mass is 9.99. The van der Waals surface area contributed by atoms with Gasteiger partial charge in [-0.2, -0.15) is 0 Å². The Morgan fingerprint density at radius 2 is 1.84 bits per heavy atom. The summed E-state index contributed by atoms with van der Waals surface area (Å²) in [5, 5.41) is 0. The van der Waals surface area contributed by atoms with Gasteiger partial charge in [-0.05, 0) is 31.2 Å². The highest BCUT2D eigenvalue weighted by atomic mass is 16.5. The number of nitrogens with zero attached hydrogens (tertiary/aromatic N) is 1. The number of piperidine rings is 1. The summed E-state index contributed by atoms with van der Waals surface area (Å²) in [6.45, 7) is 5.67. The lowest BCUT2D eigenvalue weighted by Gasteiger charge is -2.38. The molecule has 0 amide bonds. The summed E-state index contributed by atoms with van der Waals surface area (Å²) in [7, 11) is 0. The van der Waals surface area contributed by atoms with Gasteiger partial charge in [-0.15, -0.1) is 6.58 Å². The van der Waals surface area contributed by atoms with Gasteiger partial charge in [0, 0.05) is 18.6 Å². The van der Waals surface area contributed by atoms with Crippen molar-refractivity contribution >= 4 is 0 Å². The van der Waals surface area contributed by atoms with Crippen molar-refractivity contribution in [2.45, 2.75) is 50.5 Å². The molecule has 2 bridgehead atoms. The zero-order chi connectivity index (χ0) is 13.1. The van der Waals surface area contributed by atoms with Gasteiger partial charge in [-0.1, -0.05) is 36.4 Å². The van der Waals surface area contributed by atoms with E-state index < -0.39 is 0 Å². The summed E-state index contributed by atoms with van der Waals surface area (Å²) < 4.78 is 6.12. The van der Waals surface area contributed by atoms with Crippen LogP contribution in [-0.4, -0.2) is 29.6 Å². The summed E-state index contributed by atoms with van der Waals surface area (Å²) in [5.41, 5.74) is 1.28. The van der Waals surface area contributed by atoms with Crippen LogP contribution in [0.25, 0.3) is 0 Å². The Morgan fingerprint density at radius 1 is 1.16 bits per heavy atom. The second-order valence-electron chi connectivity index (χ2n) is 5.76. The molecule has 0 saturated carbocycles. The summed E-state index contributed by atoms with van der Waals surface area (Å²) in [6.07, 6.45) is 7.54. The number of hydrogen-bond donors (Lipinski definition) is 0. The third kappa shape index (κ3) is 2.90. The van der Waals surface area contributed by atoms with Crippen molar-refractivity contribution in [3.05, 3.63) is 48.6 Å². The molecule has 1 unspecified atom stereocenters. The molecule has 102 valence electrons. The topological polar surface area (TPSA) is 12.5 Å². The van der Waals surface area contributed by atoms with Gasteiger partial charge in [-0.25, -0.2) is 0 Å². The van der Waals surface area contributed by atoms with Crippen LogP contribution in [-0.2, 0) is 11.3 Å². The Kier molecular flexibility index (Phi) is 4.00. The Bertz CT molecular complexity index is 403. The minimum absolute atomic E-state index is 0.443. The smallest absolute Gasteiger partial charge is 0.0720 e. The maximum Gasteiger partial charge on any atom is 0.0720 e. The van der Waals surface area contributed by atoms with Crippen LogP contribution < -0.4 is 0 Å². The number of fused-ring (bicyclic) bond motifs is 2. The first-order chi connectivity index (χ1) is 9.36. The number of rotatable bonds is 5. The van der Waals surface area contributed by atoms with Crippen LogP contribution >= 0.6 is 0 Å². The van der Waals surface area contributed by atoms with Gasteiger partial charge < -0.3 is 4.74 Å². The van der Waals surface area contributed by atoms with Gasteiger partial charge in [-0.3, -0.25) is 4.90 Å². The van der Waals surface area contributed by atoms with E-state index in [2.05, 4.69) is 41.8 Å². The number of ether oxygens (including phenoxy) is 1. The van der Waals surface area contributed by atoms with E-state index in [4.69, 9.17) is 4.74 Å². The molecule has 2 nitrogen and oxygen atoms in total. The third-order valence-corrected chi connectivity index (χ3v) is 4.51. The fourth-order valence-corrected chi connectivity index (χ4v) is 3.60. The highest BCUT2D eigenvalue weighted by Crippen LogP contribution is 2.36. The van der Waals surface area contributed by atoms with Crippen molar-refractivity contribution in [2.24, 2.45) is 0 Å². The second kappa shape index (κ2) is 5.89. The van der Waals surface area contributed by atoms with E-state index >= 15 is 0 Å². The van der Waals surface area contributed by atoms with Crippen LogP contribution in [0.1, 0.15) is 31.2 Å².